The van der Waals surface area contributed by atoms with Crippen LogP contribution in [0.15, 0.2) is 29.6 Å². The molecule has 0 aliphatic carbocycles. The van der Waals surface area contributed by atoms with E-state index in [1.54, 1.807) is 20.1 Å². The number of thiazole rings is 1. The molecule has 0 atom stereocenters. The van der Waals surface area contributed by atoms with Gasteiger partial charge in [0.05, 0.1) is 12.2 Å². The number of para-hydroxylation sites is 2. The predicted molar refractivity (Wildman–Crippen MR) is 103 cm³/mol. The van der Waals surface area contributed by atoms with Gasteiger partial charge in [0.1, 0.15) is 16.5 Å². The zero-order valence-electron chi connectivity index (χ0n) is 15.5. The SMILES string of the molecule is CC(=O)N1CCN(C(=O)c2csc(CN3C(=O)COc4ccccc43)n2)CC1. The van der Waals surface area contributed by atoms with Crippen LogP contribution < -0.4 is 9.64 Å². The first-order valence-electron chi connectivity index (χ1n) is 9.04. The van der Waals surface area contributed by atoms with Crippen molar-refractivity contribution < 1.29 is 19.1 Å². The van der Waals surface area contributed by atoms with Crippen LogP contribution in [0.5, 0.6) is 5.75 Å². The number of rotatable bonds is 3. The first-order chi connectivity index (χ1) is 13.5. The van der Waals surface area contributed by atoms with E-state index in [-0.39, 0.29) is 24.3 Å². The summed E-state index contributed by atoms with van der Waals surface area (Å²) in [5.74, 6) is 0.415. The summed E-state index contributed by atoms with van der Waals surface area (Å²) in [6.07, 6.45) is 0. The molecule has 3 heterocycles. The van der Waals surface area contributed by atoms with Crippen LogP contribution in [0.25, 0.3) is 0 Å². The third kappa shape index (κ3) is 3.57. The Labute approximate surface area is 166 Å². The Balaban J connectivity index is 1.44. The average Bonchev–Trinajstić information content (AvgIpc) is 3.18. The molecular weight excluding hydrogens is 380 g/mol. The lowest BCUT2D eigenvalue weighted by atomic mass is 10.2. The summed E-state index contributed by atoms with van der Waals surface area (Å²) < 4.78 is 5.45. The molecule has 0 spiro atoms. The lowest BCUT2D eigenvalue weighted by Gasteiger charge is -2.33. The molecule has 2 aromatic rings. The highest BCUT2D eigenvalue weighted by molar-refractivity contribution is 7.09. The van der Waals surface area contributed by atoms with Crippen molar-refractivity contribution in [2.45, 2.75) is 13.5 Å². The first kappa shape index (κ1) is 18.4. The fraction of sp³-hybridized carbons (Fsp3) is 0.368. The summed E-state index contributed by atoms with van der Waals surface area (Å²) >= 11 is 1.36. The molecule has 1 fully saturated rings. The van der Waals surface area contributed by atoms with Crippen LogP contribution in [0.2, 0.25) is 0 Å². The van der Waals surface area contributed by atoms with E-state index < -0.39 is 0 Å². The van der Waals surface area contributed by atoms with Crippen molar-refractivity contribution in [3.05, 3.63) is 40.3 Å². The van der Waals surface area contributed by atoms with E-state index >= 15 is 0 Å². The molecule has 9 heteroatoms. The monoisotopic (exact) mass is 400 g/mol. The number of fused-ring (bicyclic) bond motifs is 1. The smallest absolute Gasteiger partial charge is 0.273 e. The van der Waals surface area contributed by atoms with E-state index in [9.17, 15) is 14.4 Å². The van der Waals surface area contributed by atoms with Gasteiger partial charge >= 0.3 is 0 Å². The molecule has 28 heavy (non-hydrogen) atoms. The third-order valence-electron chi connectivity index (χ3n) is 4.88. The molecule has 2 aliphatic rings. The van der Waals surface area contributed by atoms with Gasteiger partial charge in [0.15, 0.2) is 6.61 Å². The second-order valence-electron chi connectivity index (χ2n) is 6.66. The van der Waals surface area contributed by atoms with Crippen molar-refractivity contribution in [1.29, 1.82) is 0 Å². The number of benzene rings is 1. The Morgan fingerprint density at radius 2 is 1.86 bits per heavy atom. The summed E-state index contributed by atoms with van der Waals surface area (Å²) in [6.45, 7) is 3.91. The lowest BCUT2D eigenvalue weighted by Crippen LogP contribution is -2.50. The maximum Gasteiger partial charge on any atom is 0.273 e. The van der Waals surface area contributed by atoms with E-state index in [1.807, 2.05) is 24.3 Å². The number of piperazine rings is 1. The van der Waals surface area contributed by atoms with E-state index in [1.165, 1.54) is 18.3 Å². The number of amides is 3. The molecule has 2 aliphatic heterocycles. The van der Waals surface area contributed by atoms with Gasteiger partial charge in [0.25, 0.3) is 11.8 Å². The minimum absolute atomic E-state index is 0.00535. The Morgan fingerprint density at radius 3 is 2.61 bits per heavy atom. The van der Waals surface area contributed by atoms with Crippen LogP contribution in [-0.2, 0) is 16.1 Å². The molecule has 4 rings (SSSR count). The van der Waals surface area contributed by atoms with Gasteiger partial charge in [0, 0.05) is 38.5 Å². The van der Waals surface area contributed by atoms with Gasteiger partial charge in [-0.05, 0) is 12.1 Å². The summed E-state index contributed by atoms with van der Waals surface area (Å²) in [6, 6.07) is 7.37. The van der Waals surface area contributed by atoms with Crippen molar-refractivity contribution in [2.24, 2.45) is 0 Å². The average molecular weight is 400 g/mol. The first-order valence-corrected chi connectivity index (χ1v) is 9.92. The van der Waals surface area contributed by atoms with Crippen LogP contribution in [0.4, 0.5) is 5.69 Å². The zero-order chi connectivity index (χ0) is 19.7. The molecule has 1 saturated heterocycles. The maximum absolute atomic E-state index is 12.7. The van der Waals surface area contributed by atoms with Gasteiger partial charge in [-0.2, -0.15) is 0 Å². The van der Waals surface area contributed by atoms with Crippen LogP contribution in [-0.4, -0.2) is 65.3 Å². The van der Waals surface area contributed by atoms with Crippen molar-refractivity contribution >= 4 is 34.7 Å². The molecule has 0 N–H and O–H groups in total. The predicted octanol–water partition coefficient (Wildman–Crippen LogP) is 1.37. The van der Waals surface area contributed by atoms with Gasteiger partial charge in [-0.15, -0.1) is 11.3 Å². The minimum Gasteiger partial charge on any atom is -0.482 e. The molecule has 0 saturated carbocycles. The summed E-state index contributed by atoms with van der Waals surface area (Å²) in [5, 5.41) is 2.42. The van der Waals surface area contributed by atoms with Crippen LogP contribution in [0.1, 0.15) is 22.4 Å². The summed E-state index contributed by atoms with van der Waals surface area (Å²) in [7, 11) is 0. The summed E-state index contributed by atoms with van der Waals surface area (Å²) in [4.78, 5) is 46.0. The number of carbonyl (C=O) groups is 3. The summed E-state index contributed by atoms with van der Waals surface area (Å²) in [5.41, 5.74) is 1.09. The van der Waals surface area contributed by atoms with E-state index in [0.29, 0.717) is 54.9 Å². The van der Waals surface area contributed by atoms with E-state index in [0.717, 1.165) is 0 Å². The normalized spacial score (nSPS) is 16.6. The highest BCUT2D eigenvalue weighted by atomic mass is 32.1. The third-order valence-corrected chi connectivity index (χ3v) is 5.72. The Hall–Kier alpha value is -2.94. The Kier molecular flexibility index (Phi) is 4.99. The number of aromatic nitrogens is 1. The van der Waals surface area contributed by atoms with Gasteiger partial charge in [0.2, 0.25) is 5.91 Å². The largest absolute Gasteiger partial charge is 0.482 e. The molecule has 0 bridgehead atoms. The van der Waals surface area contributed by atoms with Crippen molar-refractivity contribution in [2.75, 3.05) is 37.7 Å². The standard InChI is InChI=1S/C19H20N4O4S/c1-13(24)21-6-8-22(9-7-21)19(26)14-12-28-17(20-14)10-23-15-4-2-3-5-16(15)27-11-18(23)25/h2-5,12H,6-11H2,1H3. The molecule has 3 amide bonds. The Bertz CT molecular complexity index is 920. The highest BCUT2D eigenvalue weighted by Crippen LogP contribution is 2.32. The minimum atomic E-state index is -0.139. The number of hydrogen-bond acceptors (Lipinski definition) is 6. The lowest BCUT2D eigenvalue weighted by molar-refractivity contribution is -0.130. The molecular formula is C19H20N4O4S. The van der Waals surface area contributed by atoms with Crippen LogP contribution >= 0.6 is 11.3 Å². The van der Waals surface area contributed by atoms with Crippen molar-refractivity contribution in [1.82, 2.24) is 14.8 Å². The van der Waals surface area contributed by atoms with Gasteiger partial charge in [-0.1, -0.05) is 12.1 Å². The van der Waals surface area contributed by atoms with E-state index in [4.69, 9.17) is 4.74 Å². The molecule has 0 radical (unpaired) electrons. The highest BCUT2D eigenvalue weighted by Gasteiger charge is 2.28. The quantitative estimate of drug-likeness (QED) is 0.777. The fourth-order valence-corrected chi connectivity index (χ4v) is 4.09. The number of ether oxygens (including phenoxy) is 1. The molecule has 0 unspecified atom stereocenters. The molecule has 1 aromatic carbocycles. The van der Waals surface area contributed by atoms with Crippen LogP contribution in [0.3, 0.4) is 0 Å². The van der Waals surface area contributed by atoms with Gasteiger partial charge in [-0.25, -0.2) is 4.98 Å². The van der Waals surface area contributed by atoms with Gasteiger partial charge in [-0.3, -0.25) is 19.3 Å². The second kappa shape index (κ2) is 7.59. The molecule has 8 nitrogen and oxygen atoms in total. The Morgan fingerprint density at radius 1 is 1.14 bits per heavy atom. The maximum atomic E-state index is 12.7. The molecule has 1 aromatic heterocycles. The number of nitrogens with zero attached hydrogens (tertiary/aromatic N) is 4. The number of carbonyl (C=O) groups excluding carboxylic acids is 3. The number of anilines is 1. The number of hydrogen-bond donors (Lipinski definition) is 0. The van der Waals surface area contributed by atoms with Crippen LogP contribution in [0, 0.1) is 0 Å². The van der Waals surface area contributed by atoms with Gasteiger partial charge < -0.3 is 14.5 Å². The zero-order valence-corrected chi connectivity index (χ0v) is 16.3. The fourth-order valence-electron chi connectivity index (χ4n) is 3.33. The second-order valence-corrected chi connectivity index (χ2v) is 7.60. The van der Waals surface area contributed by atoms with Crippen molar-refractivity contribution in [3.63, 3.8) is 0 Å². The van der Waals surface area contributed by atoms with Crippen molar-refractivity contribution in [3.8, 4) is 5.75 Å². The topological polar surface area (TPSA) is 83.1 Å². The molecule has 146 valence electrons. The van der Waals surface area contributed by atoms with E-state index in [2.05, 4.69) is 4.98 Å².